The standard InChI is InChI=1S/C15H20BrN3/c1-9-7-10(2)13(11(3)8-9)14-15(16)19(4)12(18-14)5-6-17/h7-8H,5-6,17H2,1-4H3. The Bertz CT molecular complexity index is 591. The minimum Gasteiger partial charge on any atom is -0.330 e. The van der Waals surface area contributed by atoms with Gasteiger partial charge in [0, 0.05) is 19.0 Å². The normalized spacial score (nSPS) is 11.1. The molecule has 0 unspecified atom stereocenters. The lowest BCUT2D eigenvalue weighted by atomic mass is 9.98. The molecular weight excluding hydrogens is 302 g/mol. The third-order valence-electron chi connectivity index (χ3n) is 3.40. The van der Waals surface area contributed by atoms with Crippen molar-refractivity contribution in [2.45, 2.75) is 27.2 Å². The maximum Gasteiger partial charge on any atom is 0.112 e. The molecular formula is C15H20BrN3. The summed E-state index contributed by atoms with van der Waals surface area (Å²) in [7, 11) is 2.02. The first-order chi connectivity index (χ1) is 8.95. The van der Waals surface area contributed by atoms with Crippen LogP contribution in [0.3, 0.4) is 0 Å². The lowest BCUT2D eigenvalue weighted by Gasteiger charge is -2.09. The molecule has 4 heteroatoms. The SMILES string of the molecule is Cc1cc(C)c(-c2nc(CCN)n(C)c2Br)c(C)c1. The zero-order valence-electron chi connectivity index (χ0n) is 11.9. The zero-order chi connectivity index (χ0) is 14.2. The van der Waals surface area contributed by atoms with E-state index < -0.39 is 0 Å². The molecule has 0 saturated heterocycles. The third kappa shape index (κ3) is 2.60. The van der Waals surface area contributed by atoms with E-state index in [4.69, 9.17) is 10.7 Å². The Hall–Kier alpha value is -1.13. The van der Waals surface area contributed by atoms with E-state index in [-0.39, 0.29) is 0 Å². The van der Waals surface area contributed by atoms with Gasteiger partial charge in [0.1, 0.15) is 16.1 Å². The quantitative estimate of drug-likeness (QED) is 0.942. The summed E-state index contributed by atoms with van der Waals surface area (Å²) in [5, 5.41) is 0. The Morgan fingerprint density at radius 3 is 2.32 bits per heavy atom. The second-order valence-electron chi connectivity index (χ2n) is 5.04. The molecule has 0 bridgehead atoms. The van der Waals surface area contributed by atoms with Gasteiger partial charge in [0.15, 0.2) is 0 Å². The molecule has 102 valence electrons. The summed E-state index contributed by atoms with van der Waals surface area (Å²) in [6, 6.07) is 4.40. The van der Waals surface area contributed by atoms with Crippen LogP contribution in [-0.4, -0.2) is 16.1 Å². The van der Waals surface area contributed by atoms with Gasteiger partial charge in [0.05, 0.1) is 0 Å². The molecule has 3 nitrogen and oxygen atoms in total. The smallest absolute Gasteiger partial charge is 0.112 e. The number of aromatic nitrogens is 2. The van der Waals surface area contributed by atoms with Crippen LogP contribution >= 0.6 is 15.9 Å². The predicted octanol–water partition coefficient (Wildman–Crippen LogP) is 3.28. The van der Waals surface area contributed by atoms with Crippen molar-refractivity contribution >= 4 is 15.9 Å². The molecule has 2 N–H and O–H groups in total. The predicted molar refractivity (Wildman–Crippen MR) is 83.3 cm³/mol. The second-order valence-corrected chi connectivity index (χ2v) is 5.79. The van der Waals surface area contributed by atoms with Crippen LogP contribution in [0.15, 0.2) is 16.7 Å². The molecule has 2 rings (SSSR count). The fourth-order valence-electron chi connectivity index (χ4n) is 2.59. The van der Waals surface area contributed by atoms with Gasteiger partial charge >= 0.3 is 0 Å². The van der Waals surface area contributed by atoms with E-state index >= 15 is 0 Å². The van der Waals surface area contributed by atoms with Gasteiger partial charge in [-0.3, -0.25) is 0 Å². The number of hydrogen-bond acceptors (Lipinski definition) is 2. The number of benzene rings is 1. The number of aryl methyl sites for hydroxylation is 3. The molecule has 0 aliphatic heterocycles. The molecule has 0 spiro atoms. The highest BCUT2D eigenvalue weighted by Gasteiger charge is 2.17. The monoisotopic (exact) mass is 321 g/mol. The van der Waals surface area contributed by atoms with E-state index in [9.17, 15) is 0 Å². The fourth-order valence-corrected chi connectivity index (χ4v) is 3.08. The minimum absolute atomic E-state index is 0.614. The van der Waals surface area contributed by atoms with Gasteiger partial charge < -0.3 is 10.3 Å². The number of hydrogen-bond donors (Lipinski definition) is 1. The van der Waals surface area contributed by atoms with Crippen molar-refractivity contribution in [3.8, 4) is 11.3 Å². The number of nitrogens with two attached hydrogens (primary N) is 1. The van der Waals surface area contributed by atoms with Gasteiger partial charge in [-0.05, 0) is 54.4 Å². The van der Waals surface area contributed by atoms with Gasteiger partial charge in [-0.25, -0.2) is 4.98 Å². The summed E-state index contributed by atoms with van der Waals surface area (Å²) in [5.74, 6) is 1.02. The topological polar surface area (TPSA) is 43.8 Å². The average molecular weight is 322 g/mol. The largest absolute Gasteiger partial charge is 0.330 e. The van der Waals surface area contributed by atoms with Crippen molar-refractivity contribution in [1.29, 1.82) is 0 Å². The molecule has 0 amide bonds. The van der Waals surface area contributed by atoms with E-state index in [0.29, 0.717) is 6.54 Å². The maximum atomic E-state index is 5.64. The van der Waals surface area contributed by atoms with Crippen LogP contribution < -0.4 is 5.73 Å². The van der Waals surface area contributed by atoms with Crippen LogP contribution in [-0.2, 0) is 13.5 Å². The van der Waals surface area contributed by atoms with Crippen molar-refractivity contribution in [3.05, 3.63) is 39.3 Å². The Balaban J connectivity index is 2.63. The molecule has 19 heavy (non-hydrogen) atoms. The highest BCUT2D eigenvalue weighted by molar-refractivity contribution is 9.10. The Labute approximate surface area is 123 Å². The number of halogens is 1. The van der Waals surface area contributed by atoms with Gasteiger partial charge in [-0.1, -0.05) is 17.7 Å². The van der Waals surface area contributed by atoms with Crippen molar-refractivity contribution in [2.75, 3.05) is 6.54 Å². The Morgan fingerprint density at radius 2 is 1.79 bits per heavy atom. The first-order valence-corrected chi connectivity index (χ1v) is 7.24. The van der Waals surface area contributed by atoms with E-state index in [1.807, 2.05) is 7.05 Å². The molecule has 1 aromatic heterocycles. The van der Waals surface area contributed by atoms with E-state index in [2.05, 4.69) is 53.4 Å². The maximum absolute atomic E-state index is 5.64. The van der Waals surface area contributed by atoms with Crippen LogP contribution in [0, 0.1) is 20.8 Å². The summed E-state index contributed by atoms with van der Waals surface area (Å²) < 4.78 is 3.09. The molecule has 1 heterocycles. The average Bonchev–Trinajstić information content (AvgIpc) is 2.57. The number of rotatable bonds is 3. The van der Waals surface area contributed by atoms with Crippen LogP contribution in [0.2, 0.25) is 0 Å². The Morgan fingerprint density at radius 1 is 1.21 bits per heavy atom. The second kappa shape index (κ2) is 5.47. The molecule has 0 saturated carbocycles. The van der Waals surface area contributed by atoms with Gasteiger partial charge in [0.25, 0.3) is 0 Å². The van der Waals surface area contributed by atoms with Crippen LogP contribution in [0.1, 0.15) is 22.5 Å². The summed E-state index contributed by atoms with van der Waals surface area (Å²) in [4.78, 5) is 4.76. The molecule has 0 fully saturated rings. The van der Waals surface area contributed by atoms with Crippen LogP contribution in [0.4, 0.5) is 0 Å². The molecule has 0 atom stereocenters. The van der Waals surface area contributed by atoms with Crippen LogP contribution in [0.5, 0.6) is 0 Å². The third-order valence-corrected chi connectivity index (χ3v) is 4.31. The molecule has 0 aliphatic carbocycles. The van der Waals surface area contributed by atoms with Crippen LogP contribution in [0.25, 0.3) is 11.3 Å². The summed E-state index contributed by atoms with van der Waals surface area (Å²) in [6.45, 7) is 7.01. The molecule has 0 radical (unpaired) electrons. The Kier molecular flexibility index (Phi) is 4.11. The molecule has 0 aliphatic rings. The molecule has 1 aromatic carbocycles. The molecule has 2 aromatic rings. The zero-order valence-corrected chi connectivity index (χ0v) is 13.5. The highest BCUT2D eigenvalue weighted by Crippen LogP contribution is 2.33. The van der Waals surface area contributed by atoms with Crippen molar-refractivity contribution in [2.24, 2.45) is 12.8 Å². The highest BCUT2D eigenvalue weighted by atomic mass is 79.9. The van der Waals surface area contributed by atoms with E-state index in [0.717, 1.165) is 22.5 Å². The number of nitrogens with zero attached hydrogens (tertiary/aromatic N) is 2. The summed E-state index contributed by atoms with van der Waals surface area (Å²) in [6.07, 6.45) is 0.791. The number of imidazole rings is 1. The van der Waals surface area contributed by atoms with Crippen molar-refractivity contribution in [3.63, 3.8) is 0 Å². The van der Waals surface area contributed by atoms with Crippen molar-refractivity contribution < 1.29 is 0 Å². The minimum atomic E-state index is 0.614. The summed E-state index contributed by atoms with van der Waals surface area (Å²) >= 11 is 3.65. The van der Waals surface area contributed by atoms with E-state index in [1.54, 1.807) is 0 Å². The lowest BCUT2D eigenvalue weighted by Crippen LogP contribution is -2.07. The first-order valence-electron chi connectivity index (χ1n) is 6.45. The summed E-state index contributed by atoms with van der Waals surface area (Å²) in [5.41, 5.74) is 11.7. The fraction of sp³-hybridized carbons (Fsp3) is 0.400. The van der Waals surface area contributed by atoms with Gasteiger partial charge in [0.2, 0.25) is 0 Å². The lowest BCUT2D eigenvalue weighted by molar-refractivity contribution is 0.767. The van der Waals surface area contributed by atoms with E-state index in [1.165, 1.54) is 22.3 Å². The van der Waals surface area contributed by atoms with Gasteiger partial charge in [-0.2, -0.15) is 0 Å². The van der Waals surface area contributed by atoms with Crippen molar-refractivity contribution in [1.82, 2.24) is 9.55 Å². The first kappa shape index (κ1) is 14.3. The van der Waals surface area contributed by atoms with Gasteiger partial charge in [-0.15, -0.1) is 0 Å².